The lowest BCUT2D eigenvalue weighted by molar-refractivity contribution is -0.141. The number of carbonyl (C=O) groups is 1. The average Bonchev–Trinajstić information content (AvgIpc) is 3.41. The number of aliphatic hydroxyl groups is 1. The summed E-state index contributed by atoms with van der Waals surface area (Å²) >= 11 is 0. The van der Waals surface area contributed by atoms with Gasteiger partial charge in [0, 0.05) is 12.0 Å². The monoisotopic (exact) mass is 471 g/mol. The van der Waals surface area contributed by atoms with Crippen molar-refractivity contribution in [1.29, 1.82) is 0 Å². The van der Waals surface area contributed by atoms with E-state index < -0.39 is 23.4 Å². The number of anilines is 1. The maximum absolute atomic E-state index is 13.3. The maximum Gasteiger partial charge on any atom is 0.433 e. The molecule has 1 aliphatic rings. The maximum atomic E-state index is 13.3. The van der Waals surface area contributed by atoms with Crippen LogP contribution in [0.3, 0.4) is 0 Å². The second-order valence-electron chi connectivity index (χ2n) is 8.54. The van der Waals surface area contributed by atoms with Gasteiger partial charge in [0.25, 0.3) is 0 Å². The van der Waals surface area contributed by atoms with E-state index in [9.17, 15) is 23.1 Å². The Bertz CT molecular complexity index is 1360. The van der Waals surface area contributed by atoms with Gasteiger partial charge in [-0.2, -0.15) is 13.2 Å². The number of aromatic nitrogens is 4. The van der Waals surface area contributed by atoms with E-state index >= 15 is 0 Å². The van der Waals surface area contributed by atoms with E-state index in [-0.39, 0.29) is 35.3 Å². The fourth-order valence-electron chi connectivity index (χ4n) is 3.74. The van der Waals surface area contributed by atoms with E-state index in [4.69, 9.17) is 4.52 Å². The summed E-state index contributed by atoms with van der Waals surface area (Å²) in [6.07, 6.45) is -3.08. The molecule has 0 radical (unpaired) electrons. The molecule has 0 aliphatic heterocycles. The van der Waals surface area contributed by atoms with Crippen LogP contribution in [-0.2, 0) is 16.6 Å². The van der Waals surface area contributed by atoms with Crippen molar-refractivity contribution in [3.8, 4) is 5.88 Å². The van der Waals surface area contributed by atoms with Crippen LogP contribution in [0.25, 0.3) is 17.0 Å². The second kappa shape index (κ2) is 7.94. The fourth-order valence-corrected chi connectivity index (χ4v) is 3.74. The Morgan fingerprint density at radius 3 is 2.59 bits per heavy atom. The number of hydrogen-bond donors (Lipinski definition) is 2. The minimum atomic E-state index is -4.67. The highest BCUT2D eigenvalue weighted by Crippen LogP contribution is 2.40. The first-order valence-corrected chi connectivity index (χ1v) is 10.6. The van der Waals surface area contributed by atoms with Crippen molar-refractivity contribution < 1.29 is 27.6 Å². The van der Waals surface area contributed by atoms with Gasteiger partial charge in [-0.15, -0.1) is 0 Å². The Morgan fingerprint density at radius 2 is 1.91 bits per heavy atom. The molecule has 34 heavy (non-hydrogen) atoms. The highest BCUT2D eigenvalue weighted by Gasteiger charge is 2.34. The quantitative estimate of drug-likeness (QED) is 0.428. The summed E-state index contributed by atoms with van der Waals surface area (Å²) in [7, 11) is 0. The third-order valence-electron chi connectivity index (χ3n) is 5.68. The van der Waals surface area contributed by atoms with E-state index in [2.05, 4.69) is 20.4 Å². The summed E-state index contributed by atoms with van der Waals surface area (Å²) in [5, 5.41) is 17.4. The van der Waals surface area contributed by atoms with Crippen LogP contribution in [0.15, 0.2) is 53.1 Å². The van der Waals surface area contributed by atoms with Gasteiger partial charge in [-0.25, -0.2) is 14.5 Å². The second-order valence-corrected chi connectivity index (χ2v) is 8.54. The molecule has 2 N–H and O–H groups in total. The molecule has 0 unspecified atom stereocenters. The van der Waals surface area contributed by atoms with Crippen molar-refractivity contribution >= 4 is 23.0 Å². The van der Waals surface area contributed by atoms with Gasteiger partial charge < -0.3 is 9.63 Å². The van der Waals surface area contributed by atoms with Gasteiger partial charge in [0.05, 0.1) is 17.7 Å². The first-order valence-electron chi connectivity index (χ1n) is 10.6. The van der Waals surface area contributed by atoms with Crippen LogP contribution >= 0.6 is 0 Å². The third kappa shape index (κ3) is 4.26. The SMILES string of the molecule is C[C@](O)(CC(=O)Nc1nc2ccc(C(F)(F)F)nc2n1-c1cc(C2CC2)no1)c1ccccc1. The number of nitrogens with one attached hydrogen (secondary N) is 1. The molecule has 1 fully saturated rings. The number of halogens is 3. The molecular weight excluding hydrogens is 451 g/mol. The Morgan fingerprint density at radius 1 is 1.18 bits per heavy atom. The molecule has 0 spiro atoms. The van der Waals surface area contributed by atoms with Crippen molar-refractivity contribution in [2.45, 2.75) is 43.9 Å². The van der Waals surface area contributed by atoms with Crippen LogP contribution in [0.2, 0.25) is 0 Å². The molecule has 1 amide bonds. The fraction of sp³-hybridized carbons (Fsp3) is 0.304. The number of hydrogen-bond acceptors (Lipinski definition) is 6. The predicted octanol–water partition coefficient (Wildman–Crippen LogP) is 4.54. The van der Waals surface area contributed by atoms with Gasteiger partial charge in [-0.05, 0) is 37.5 Å². The summed E-state index contributed by atoms with van der Waals surface area (Å²) in [6, 6.07) is 12.3. The van der Waals surface area contributed by atoms with Crippen molar-refractivity contribution in [3.05, 3.63) is 65.5 Å². The number of fused-ring (bicyclic) bond motifs is 1. The highest BCUT2D eigenvalue weighted by atomic mass is 19.4. The highest BCUT2D eigenvalue weighted by molar-refractivity contribution is 5.92. The summed E-state index contributed by atoms with van der Waals surface area (Å²) in [4.78, 5) is 20.8. The van der Waals surface area contributed by atoms with Crippen LogP contribution < -0.4 is 5.32 Å². The minimum absolute atomic E-state index is 0.0846. The molecular formula is C23H20F3N5O3. The lowest BCUT2D eigenvalue weighted by atomic mass is 9.92. The zero-order valence-electron chi connectivity index (χ0n) is 18.0. The zero-order chi connectivity index (χ0) is 24.1. The number of nitrogens with zero attached hydrogens (tertiary/aromatic N) is 4. The van der Waals surface area contributed by atoms with Crippen molar-refractivity contribution in [3.63, 3.8) is 0 Å². The van der Waals surface area contributed by atoms with E-state index in [1.54, 1.807) is 36.4 Å². The molecule has 8 nitrogen and oxygen atoms in total. The summed E-state index contributed by atoms with van der Waals surface area (Å²) in [5.74, 6) is -0.357. The Labute approximate surface area is 191 Å². The van der Waals surface area contributed by atoms with Crippen LogP contribution in [0.4, 0.5) is 19.1 Å². The lowest BCUT2D eigenvalue weighted by Gasteiger charge is -2.23. The summed E-state index contributed by atoms with van der Waals surface area (Å²) in [5.41, 5.74) is -1.38. The first-order chi connectivity index (χ1) is 16.1. The van der Waals surface area contributed by atoms with Gasteiger partial charge in [-0.3, -0.25) is 10.1 Å². The van der Waals surface area contributed by atoms with Crippen LogP contribution in [0.1, 0.15) is 49.1 Å². The van der Waals surface area contributed by atoms with Crippen LogP contribution in [0, 0.1) is 0 Å². The smallest absolute Gasteiger partial charge is 0.385 e. The van der Waals surface area contributed by atoms with Crippen molar-refractivity contribution in [2.24, 2.45) is 0 Å². The zero-order valence-corrected chi connectivity index (χ0v) is 18.0. The number of alkyl halides is 3. The average molecular weight is 471 g/mol. The minimum Gasteiger partial charge on any atom is -0.385 e. The standard InChI is InChI=1S/C23H20F3N5O3/c1-22(33,14-5-3-2-4-6-14)12-18(32)29-21-27-15-9-10-17(23(24,25)26)28-20(15)31(21)19-11-16(30-34-19)13-7-8-13/h2-6,9-11,13,33H,7-8,12H2,1H3,(H,27,29,32)/t22-/m0/s1. The van der Waals surface area contributed by atoms with E-state index in [0.29, 0.717) is 11.3 Å². The van der Waals surface area contributed by atoms with Crippen LogP contribution in [-0.4, -0.2) is 30.7 Å². The van der Waals surface area contributed by atoms with Gasteiger partial charge in [-0.1, -0.05) is 35.5 Å². The summed E-state index contributed by atoms with van der Waals surface area (Å²) in [6.45, 7) is 1.50. The molecule has 0 bridgehead atoms. The van der Waals surface area contributed by atoms with Crippen molar-refractivity contribution in [2.75, 3.05) is 5.32 Å². The number of imidazole rings is 1. The number of amides is 1. The molecule has 5 rings (SSSR count). The molecule has 0 saturated heterocycles. The molecule has 1 atom stereocenters. The normalized spacial score (nSPS) is 15.9. The Hall–Kier alpha value is -3.73. The molecule has 1 saturated carbocycles. The number of benzene rings is 1. The van der Waals surface area contributed by atoms with Gasteiger partial charge >= 0.3 is 6.18 Å². The number of pyridine rings is 1. The van der Waals surface area contributed by atoms with Gasteiger partial charge in [0.15, 0.2) is 5.65 Å². The molecule has 1 aromatic carbocycles. The topological polar surface area (TPSA) is 106 Å². The lowest BCUT2D eigenvalue weighted by Crippen LogP contribution is -2.29. The third-order valence-corrected chi connectivity index (χ3v) is 5.68. The molecule has 3 heterocycles. The van der Waals surface area contributed by atoms with Gasteiger partial charge in [0.2, 0.25) is 17.7 Å². The number of rotatable bonds is 6. The molecule has 4 aromatic rings. The molecule has 176 valence electrons. The Balaban J connectivity index is 1.52. The molecule has 11 heteroatoms. The van der Waals surface area contributed by atoms with E-state index in [1.807, 2.05) is 0 Å². The van der Waals surface area contributed by atoms with Gasteiger partial charge in [0.1, 0.15) is 11.2 Å². The Kier molecular flexibility index (Phi) is 5.16. The summed E-state index contributed by atoms with van der Waals surface area (Å²) < 4.78 is 46.5. The predicted molar refractivity (Wildman–Crippen MR) is 115 cm³/mol. The van der Waals surface area contributed by atoms with Crippen LogP contribution in [0.5, 0.6) is 0 Å². The molecule has 3 aromatic heterocycles. The first kappa shape index (κ1) is 22.1. The largest absolute Gasteiger partial charge is 0.433 e. The van der Waals surface area contributed by atoms with E-state index in [0.717, 1.165) is 18.9 Å². The van der Waals surface area contributed by atoms with E-state index in [1.165, 1.54) is 17.6 Å². The van der Waals surface area contributed by atoms with Crippen molar-refractivity contribution in [1.82, 2.24) is 19.7 Å². The number of carbonyl (C=O) groups excluding carboxylic acids is 1. The molecule has 1 aliphatic carbocycles.